The third-order valence-electron chi connectivity index (χ3n) is 4.90. The summed E-state index contributed by atoms with van der Waals surface area (Å²) in [4.78, 5) is 9.14. The summed E-state index contributed by atoms with van der Waals surface area (Å²) in [5.74, 6) is 0.787. The molecule has 4 aromatic rings. The molecule has 0 saturated carbocycles. The minimum absolute atomic E-state index is 0.110. The molecule has 4 rings (SSSR count). The molecule has 2 heterocycles. The highest BCUT2D eigenvalue weighted by Gasteiger charge is 2.18. The molecule has 0 aliphatic heterocycles. The molecule has 0 amide bonds. The fourth-order valence-corrected chi connectivity index (χ4v) is 3.64. The van der Waals surface area contributed by atoms with Crippen LogP contribution < -0.4 is 5.32 Å². The molecule has 0 fully saturated rings. The van der Waals surface area contributed by atoms with Gasteiger partial charge in [-0.05, 0) is 37.1 Å². The van der Waals surface area contributed by atoms with E-state index in [0.717, 1.165) is 44.3 Å². The predicted molar refractivity (Wildman–Crippen MR) is 119 cm³/mol. The van der Waals surface area contributed by atoms with Crippen LogP contribution in [0.1, 0.15) is 12.5 Å². The number of halogens is 1. The van der Waals surface area contributed by atoms with Crippen LogP contribution >= 0.6 is 11.6 Å². The first-order valence-corrected chi connectivity index (χ1v) is 9.89. The molecular weight excluding hydrogens is 384 g/mol. The number of rotatable bonds is 6. The number of nitrogens with one attached hydrogen (secondary N) is 1. The number of hydrogen-bond acceptors (Lipinski definition) is 4. The van der Waals surface area contributed by atoms with Gasteiger partial charge in [-0.25, -0.2) is 9.97 Å². The van der Waals surface area contributed by atoms with Crippen LogP contribution in [0.4, 0.5) is 5.82 Å². The van der Waals surface area contributed by atoms with Crippen LogP contribution in [0, 0.1) is 6.92 Å². The van der Waals surface area contributed by atoms with E-state index < -0.39 is 0 Å². The van der Waals surface area contributed by atoms with Crippen molar-refractivity contribution in [3.05, 3.63) is 71.6 Å². The third-order valence-corrected chi connectivity index (χ3v) is 5.31. The fourth-order valence-electron chi connectivity index (χ4n) is 3.46. The van der Waals surface area contributed by atoms with Gasteiger partial charge in [0.1, 0.15) is 12.1 Å². The van der Waals surface area contributed by atoms with E-state index in [1.807, 2.05) is 37.3 Å². The highest BCUT2D eigenvalue weighted by Crippen LogP contribution is 2.36. The quantitative estimate of drug-likeness (QED) is 0.459. The summed E-state index contributed by atoms with van der Waals surface area (Å²) < 4.78 is 7.34. The van der Waals surface area contributed by atoms with Gasteiger partial charge in [-0.15, -0.1) is 0 Å². The topological polar surface area (TPSA) is 52.0 Å². The zero-order valence-corrected chi connectivity index (χ0v) is 17.4. The lowest BCUT2D eigenvalue weighted by atomic mass is 10.1. The molecule has 0 saturated heterocycles. The number of benzene rings is 2. The Bertz CT molecular complexity index is 1140. The maximum absolute atomic E-state index is 6.40. The molecular formula is C23H23ClN4O. The van der Waals surface area contributed by atoms with Crippen molar-refractivity contribution >= 4 is 28.5 Å². The Kier molecular flexibility index (Phi) is 5.51. The highest BCUT2D eigenvalue weighted by molar-refractivity contribution is 6.31. The van der Waals surface area contributed by atoms with Gasteiger partial charge in [0.05, 0.1) is 12.0 Å². The zero-order valence-electron chi connectivity index (χ0n) is 16.7. The molecule has 1 atom stereocenters. The number of methoxy groups -OCH3 is 1. The van der Waals surface area contributed by atoms with Crippen molar-refractivity contribution in [1.82, 2.24) is 14.5 Å². The number of ether oxygens (including phenoxy) is 1. The van der Waals surface area contributed by atoms with Crippen molar-refractivity contribution in [2.45, 2.75) is 19.9 Å². The summed E-state index contributed by atoms with van der Waals surface area (Å²) in [5, 5.41) is 5.16. The van der Waals surface area contributed by atoms with Crippen molar-refractivity contribution in [2.24, 2.45) is 0 Å². The Hall–Kier alpha value is -2.89. The predicted octanol–water partition coefficient (Wildman–Crippen LogP) is 5.50. The van der Waals surface area contributed by atoms with Gasteiger partial charge in [0.2, 0.25) is 0 Å². The molecule has 2 aromatic carbocycles. The molecule has 0 aliphatic carbocycles. The Labute approximate surface area is 175 Å². The van der Waals surface area contributed by atoms with Crippen molar-refractivity contribution < 1.29 is 4.74 Å². The summed E-state index contributed by atoms with van der Waals surface area (Å²) in [5.41, 5.74) is 4.99. The number of aryl methyl sites for hydroxylation is 1. The highest BCUT2D eigenvalue weighted by atomic mass is 35.5. The van der Waals surface area contributed by atoms with Crippen LogP contribution in [-0.2, 0) is 4.74 Å². The Morgan fingerprint density at radius 1 is 1.14 bits per heavy atom. The van der Waals surface area contributed by atoms with Crippen molar-refractivity contribution in [3.8, 4) is 16.8 Å². The Morgan fingerprint density at radius 2 is 1.93 bits per heavy atom. The normalized spacial score (nSPS) is 12.3. The lowest BCUT2D eigenvalue weighted by Crippen LogP contribution is -2.21. The van der Waals surface area contributed by atoms with Gasteiger partial charge in [-0.1, -0.05) is 48.0 Å². The number of nitrogens with zero attached hydrogens (tertiary/aromatic N) is 3. The molecule has 0 spiro atoms. The van der Waals surface area contributed by atoms with Gasteiger partial charge in [-0.2, -0.15) is 0 Å². The van der Waals surface area contributed by atoms with E-state index >= 15 is 0 Å². The Morgan fingerprint density at radius 3 is 2.66 bits per heavy atom. The lowest BCUT2D eigenvalue weighted by Gasteiger charge is -2.14. The third kappa shape index (κ3) is 3.84. The van der Waals surface area contributed by atoms with Gasteiger partial charge in [-0.3, -0.25) is 0 Å². The number of anilines is 1. The summed E-state index contributed by atoms with van der Waals surface area (Å²) in [6.45, 7) is 4.65. The van der Waals surface area contributed by atoms with Crippen LogP contribution in [0.3, 0.4) is 0 Å². The molecule has 5 nitrogen and oxygen atoms in total. The first-order valence-electron chi connectivity index (χ1n) is 9.52. The second-order valence-corrected chi connectivity index (χ2v) is 7.54. The minimum Gasteiger partial charge on any atom is -0.383 e. The van der Waals surface area contributed by atoms with Crippen LogP contribution in [0.5, 0.6) is 0 Å². The zero-order chi connectivity index (χ0) is 20.4. The molecule has 1 N–H and O–H groups in total. The molecule has 0 aliphatic rings. The Balaban J connectivity index is 1.95. The van der Waals surface area contributed by atoms with Gasteiger partial charge < -0.3 is 14.6 Å². The van der Waals surface area contributed by atoms with E-state index in [1.165, 1.54) is 0 Å². The number of aromatic nitrogens is 3. The largest absolute Gasteiger partial charge is 0.383 e. The van der Waals surface area contributed by atoms with Crippen LogP contribution in [0.15, 0.2) is 61.1 Å². The van der Waals surface area contributed by atoms with Crippen molar-refractivity contribution in [1.29, 1.82) is 0 Å². The second kappa shape index (κ2) is 8.23. The van der Waals surface area contributed by atoms with Crippen molar-refractivity contribution in [2.75, 3.05) is 19.0 Å². The average Bonchev–Trinajstić information content (AvgIpc) is 3.12. The second-order valence-electron chi connectivity index (χ2n) is 7.13. The first kappa shape index (κ1) is 19.4. The summed E-state index contributed by atoms with van der Waals surface area (Å²) in [6, 6.07) is 16.4. The van der Waals surface area contributed by atoms with Gasteiger partial charge in [0.15, 0.2) is 5.65 Å². The molecule has 0 radical (unpaired) electrons. The maximum Gasteiger partial charge on any atom is 0.150 e. The lowest BCUT2D eigenvalue weighted by molar-refractivity contribution is 0.190. The average molecular weight is 407 g/mol. The van der Waals surface area contributed by atoms with Crippen LogP contribution in [-0.4, -0.2) is 34.3 Å². The number of hydrogen-bond donors (Lipinski definition) is 1. The van der Waals surface area contributed by atoms with Crippen LogP contribution in [0.25, 0.3) is 27.8 Å². The summed E-state index contributed by atoms with van der Waals surface area (Å²) in [6.07, 6.45) is 3.69. The minimum atomic E-state index is 0.110. The monoisotopic (exact) mass is 406 g/mol. The van der Waals surface area contributed by atoms with E-state index in [2.05, 4.69) is 51.2 Å². The van der Waals surface area contributed by atoms with E-state index in [0.29, 0.717) is 6.61 Å². The fraction of sp³-hybridized carbons (Fsp3) is 0.217. The smallest absolute Gasteiger partial charge is 0.150 e. The first-order chi connectivity index (χ1) is 14.1. The SMILES string of the molecule is COC[C@H](C)Nc1ncnc2c1c(-c1ccccc1)cn2-c1ccc(C)c(Cl)c1. The molecule has 29 heavy (non-hydrogen) atoms. The van der Waals surface area contributed by atoms with Gasteiger partial charge in [0.25, 0.3) is 0 Å². The summed E-state index contributed by atoms with van der Waals surface area (Å²) in [7, 11) is 1.70. The molecule has 6 heteroatoms. The number of fused-ring (bicyclic) bond motifs is 1. The molecule has 148 valence electrons. The van der Waals surface area contributed by atoms with E-state index in [9.17, 15) is 0 Å². The summed E-state index contributed by atoms with van der Waals surface area (Å²) >= 11 is 6.40. The van der Waals surface area contributed by atoms with Crippen LogP contribution in [0.2, 0.25) is 5.02 Å². The maximum atomic E-state index is 6.40. The van der Waals surface area contributed by atoms with Crippen molar-refractivity contribution in [3.63, 3.8) is 0 Å². The van der Waals surface area contributed by atoms with E-state index in [4.69, 9.17) is 16.3 Å². The van der Waals surface area contributed by atoms with E-state index in [-0.39, 0.29) is 6.04 Å². The van der Waals surface area contributed by atoms with Gasteiger partial charge in [0, 0.05) is 35.6 Å². The van der Waals surface area contributed by atoms with Gasteiger partial charge >= 0.3 is 0 Å². The molecule has 2 aromatic heterocycles. The van der Waals surface area contributed by atoms with E-state index in [1.54, 1.807) is 13.4 Å². The molecule has 0 bridgehead atoms. The molecule has 0 unspecified atom stereocenters. The standard InChI is InChI=1S/C23H23ClN4O/c1-15-9-10-18(11-20(15)24)28-12-19(17-7-5-4-6-8-17)21-22(25-14-26-23(21)28)27-16(2)13-29-3/h4-12,14,16H,13H2,1-3H3,(H,25,26,27)/t16-/m0/s1.